The minimum Gasteiger partial charge on any atom is -0.386 e. The van der Waals surface area contributed by atoms with E-state index in [2.05, 4.69) is 31.2 Å². The van der Waals surface area contributed by atoms with Gasteiger partial charge in [0, 0.05) is 18.5 Å². The van der Waals surface area contributed by atoms with E-state index in [1.165, 1.54) is 19.1 Å². The maximum atomic E-state index is 12.9. The average Bonchev–Trinajstić information content (AvgIpc) is 3.25. The summed E-state index contributed by atoms with van der Waals surface area (Å²) in [5.41, 5.74) is -2.43. The Labute approximate surface area is 186 Å². The van der Waals surface area contributed by atoms with Crippen LogP contribution in [0.4, 0.5) is 13.2 Å². The summed E-state index contributed by atoms with van der Waals surface area (Å²) in [6, 6.07) is 4.42. The van der Waals surface area contributed by atoms with Crippen molar-refractivity contribution < 1.29 is 37.7 Å². The van der Waals surface area contributed by atoms with E-state index >= 15 is 0 Å². The molecule has 1 aromatic carbocycles. The van der Waals surface area contributed by atoms with Crippen LogP contribution in [-0.2, 0) is 10.9 Å². The van der Waals surface area contributed by atoms with Crippen LogP contribution in [0.5, 0.6) is 0 Å². The summed E-state index contributed by atoms with van der Waals surface area (Å²) in [5.74, 6) is 0.332. The molecule has 8 atom stereocenters. The van der Waals surface area contributed by atoms with Crippen LogP contribution in [0.25, 0.3) is 0 Å². The highest BCUT2D eigenvalue weighted by molar-refractivity contribution is 5.27. The first-order chi connectivity index (χ1) is 14.7. The van der Waals surface area contributed by atoms with Crippen molar-refractivity contribution in [2.45, 2.75) is 68.8 Å². The summed E-state index contributed by atoms with van der Waals surface area (Å²) in [6.45, 7) is 4.95. The molecule has 180 valence electrons. The van der Waals surface area contributed by atoms with Crippen LogP contribution >= 0.6 is 0 Å². The highest BCUT2D eigenvalue weighted by Gasteiger charge is 2.61. The van der Waals surface area contributed by atoms with Crippen molar-refractivity contribution in [2.24, 2.45) is 5.92 Å². The molecule has 7 nitrogen and oxygen atoms in total. The molecule has 3 heterocycles. The molecule has 3 fully saturated rings. The van der Waals surface area contributed by atoms with Gasteiger partial charge in [-0.1, -0.05) is 12.1 Å². The van der Waals surface area contributed by atoms with Crippen LogP contribution in [-0.4, -0.2) is 88.3 Å². The molecule has 3 unspecified atom stereocenters. The molecule has 32 heavy (non-hydrogen) atoms. The van der Waals surface area contributed by atoms with Crippen LogP contribution in [0.15, 0.2) is 24.3 Å². The second-order valence-corrected chi connectivity index (χ2v) is 10.2. The Hall–Kier alpha value is -1.27. The summed E-state index contributed by atoms with van der Waals surface area (Å²) in [5, 5.41) is 36.5. The highest BCUT2D eigenvalue weighted by atomic mass is 19.4. The quantitative estimate of drug-likeness (QED) is 0.508. The summed E-state index contributed by atoms with van der Waals surface area (Å²) < 4.78 is 45.4. The van der Waals surface area contributed by atoms with Gasteiger partial charge in [-0.05, 0) is 38.0 Å². The molecule has 0 radical (unpaired) electrons. The highest BCUT2D eigenvalue weighted by Crippen LogP contribution is 2.44. The molecule has 0 aromatic heterocycles. The number of benzene rings is 1. The SMILES string of the molecule is CC1NC[N+](C)(C)C2C1CCN2[C@@H]1O[C@H]([C@H](O)c2ccc(C(F)(F)F)cc2)[C@@](C)(O)[C@H]1O. The maximum Gasteiger partial charge on any atom is 0.416 e. The van der Waals surface area contributed by atoms with Gasteiger partial charge in [-0.3, -0.25) is 5.32 Å². The number of halogens is 3. The van der Waals surface area contributed by atoms with E-state index < -0.39 is 41.9 Å². The van der Waals surface area contributed by atoms with Gasteiger partial charge in [-0.25, -0.2) is 4.90 Å². The normalized spacial score (nSPS) is 40.9. The van der Waals surface area contributed by atoms with Crippen molar-refractivity contribution in [3.05, 3.63) is 35.4 Å². The first-order valence-corrected chi connectivity index (χ1v) is 11.0. The Morgan fingerprint density at radius 2 is 1.88 bits per heavy atom. The molecular formula is C22H33F3N3O4+. The van der Waals surface area contributed by atoms with E-state index in [4.69, 9.17) is 4.74 Å². The molecule has 1 aromatic rings. The van der Waals surface area contributed by atoms with E-state index in [1.807, 2.05) is 0 Å². The van der Waals surface area contributed by atoms with Gasteiger partial charge in [0.25, 0.3) is 0 Å². The third-order valence-electron chi connectivity index (χ3n) is 7.55. The number of quaternary nitrogens is 1. The van der Waals surface area contributed by atoms with Crippen LogP contribution in [0.3, 0.4) is 0 Å². The average molecular weight is 461 g/mol. The zero-order valence-electron chi connectivity index (χ0n) is 18.8. The molecular weight excluding hydrogens is 427 g/mol. The van der Waals surface area contributed by atoms with E-state index in [9.17, 15) is 28.5 Å². The monoisotopic (exact) mass is 460 g/mol. The molecule has 0 spiro atoms. The van der Waals surface area contributed by atoms with Crippen molar-refractivity contribution in [3.63, 3.8) is 0 Å². The van der Waals surface area contributed by atoms with Gasteiger partial charge in [0.15, 0.2) is 6.17 Å². The lowest BCUT2D eigenvalue weighted by molar-refractivity contribution is -0.938. The van der Waals surface area contributed by atoms with E-state index in [-0.39, 0.29) is 11.7 Å². The summed E-state index contributed by atoms with van der Waals surface area (Å²) in [4.78, 5) is 2.07. The van der Waals surface area contributed by atoms with Crippen molar-refractivity contribution in [1.29, 1.82) is 0 Å². The Balaban J connectivity index is 1.58. The number of alkyl halides is 3. The fourth-order valence-corrected chi connectivity index (χ4v) is 5.67. The lowest BCUT2D eigenvalue weighted by Crippen LogP contribution is -2.69. The zero-order chi connectivity index (χ0) is 23.6. The van der Waals surface area contributed by atoms with Crippen molar-refractivity contribution in [3.8, 4) is 0 Å². The minimum atomic E-state index is -4.48. The number of nitrogens with zero attached hydrogens (tertiary/aromatic N) is 2. The smallest absolute Gasteiger partial charge is 0.386 e. The zero-order valence-corrected chi connectivity index (χ0v) is 18.8. The number of hydrogen-bond acceptors (Lipinski definition) is 6. The lowest BCUT2D eigenvalue weighted by Gasteiger charge is -2.49. The third kappa shape index (κ3) is 3.85. The number of likely N-dealkylation sites (tertiary alicyclic amines) is 1. The molecule has 0 amide bonds. The maximum absolute atomic E-state index is 12.9. The van der Waals surface area contributed by atoms with Crippen molar-refractivity contribution in [1.82, 2.24) is 10.2 Å². The number of ether oxygens (including phenoxy) is 1. The van der Waals surface area contributed by atoms with E-state index in [1.54, 1.807) is 0 Å². The molecule has 3 aliphatic rings. The fraction of sp³-hybridized carbons (Fsp3) is 0.727. The minimum absolute atomic E-state index is 0.0589. The Kier molecular flexibility index (Phi) is 5.89. The fourth-order valence-electron chi connectivity index (χ4n) is 5.67. The Morgan fingerprint density at radius 1 is 1.25 bits per heavy atom. The van der Waals surface area contributed by atoms with Crippen LogP contribution in [0, 0.1) is 5.92 Å². The summed E-state index contributed by atoms with van der Waals surface area (Å²) >= 11 is 0. The molecule has 3 aliphatic heterocycles. The number of aliphatic hydroxyl groups is 3. The molecule has 10 heteroatoms. The third-order valence-corrected chi connectivity index (χ3v) is 7.55. The second kappa shape index (κ2) is 7.90. The number of aliphatic hydroxyl groups excluding tert-OH is 2. The second-order valence-electron chi connectivity index (χ2n) is 10.2. The number of fused-ring (bicyclic) bond motifs is 1. The number of hydrogen-bond donors (Lipinski definition) is 4. The topological polar surface area (TPSA) is 85.2 Å². The Morgan fingerprint density at radius 3 is 2.47 bits per heavy atom. The van der Waals surface area contributed by atoms with Gasteiger partial charge < -0.3 is 24.5 Å². The van der Waals surface area contributed by atoms with Gasteiger partial charge in [-0.2, -0.15) is 13.2 Å². The predicted octanol–water partition coefficient (Wildman–Crippen LogP) is 1.25. The Bertz CT molecular complexity index is 833. The predicted molar refractivity (Wildman–Crippen MR) is 110 cm³/mol. The molecule has 0 saturated carbocycles. The van der Waals surface area contributed by atoms with Gasteiger partial charge in [0.2, 0.25) is 0 Å². The molecule has 0 bridgehead atoms. The lowest BCUT2D eigenvalue weighted by atomic mass is 9.88. The number of nitrogens with one attached hydrogen (secondary N) is 1. The van der Waals surface area contributed by atoms with Crippen molar-refractivity contribution in [2.75, 3.05) is 27.3 Å². The van der Waals surface area contributed by atoms with Gasteiger partial charge >= 0.3 is 6.18 Å². The van der Waals surface area contributed by atoms with Crippen LogP contribution < -0.4 is 5.32 Å². The first kappa shape index (κ1) is 23.9. The first-order valence-electron chi connectivity index (χ1n) is 11.0. The number of rotatable bonds is 3. The molecule has 3 saturated heterocycles. The van der Waals surface area contributed by atoms with E-state index in [0.29, 0.717) is 23.0 Å². The molecule has 4 rings (SSSR count). The molecule has 0 aliphatic carbocycles. The van der Waals surface area contributed by atoms with E-state index in [0.717, 1.165) is 25.2 Å². The van der Waals surface area contributed by atoms with Gasteiger partial charge in [0.1, 0.15) is 36.8 Å². The largest absolute Gasteiger partial charge is 0.416 e. The molecule has 4 N–H and O–H groups in total. The summed E-state index contributed by atoms with van der Waals surface area (Å²) in [7, 11) is 4.20. The van der Waals surface area contributed by atoms with Gasteiger partial charge in [-0.15, -0.1) is 0 Å². The summed E-state index contributed by atoms with van der Waals surface area (Å²) in [6.07, 6.45) is -8.25. The van der Waals surface area contributed by atoms with Gasteiger partial charge in [0.05, 0.1) is 19.7 Å². The van der Waals surface area contributed by atoms with Crippen LogP contribution in [0.2, 0.25) is 0 Å². The standard InChI is InChI=1S/C22H33F3N3O4/c1-12-15-9-10-27(19(15)28(3,4)11-26-12)20-17(30)21(2,31)18(32-20)16(29)13-5-7-14(8-6-13)22(23,24)25/h5-8,12,15-20,26,29-31H,9-11H2,1-4H3/q+1/t12?,15?,16-,17+,18-,19?,20-,21+/m1/s1. The van der Waals surface area contributed by atoms with Crippen LogP contribution in [0.1, 0.15) is 37.5 Å². The van der Waals surface area contributed by atoms with Crippen molar-refractivity contribution >= 4 is 0 Å².